The van der Waals surface area contributed by atoms with Crippen LogP contribution in [0.1, 0.15) is 30.1 Å². The minimum Gasteiger partial charge on any atom is -0.478 e. The zero-order chi connectivity index (χ0) is 15.8. The minimum atomic E-state index is -1.27. The molecule has 0 aromatic heterocycles. The third-order valence-corrected chi connectivity index (χ3v) is 2.93. The summed E-state index contributed by atoms with van der Waals surface area (Å²) >= 11 is 5.92. The van der Waals surface area contributed by atoms with Gasteiger partial charge in [-0.1, -0.05) is 18.5 Å². The standard InChI is InChI=1S/C13H17ClN2O5/c1-2-5-21-6-3-4-15-12-10(13(17)18)7-9(16(19)20)8-11(12)14/h7-8,15H,2-6H2,1H3,(H,17,18). The summed E-state index contributed by atoms with van der Waals surface area (Å²) in [6.07, 6.45) is 1.61. The van der Waals surface area contributed by atoms with Crippen LogP contribution < -0.4 is 5.32 Å². The van der Waals surface area contributed by atoms with E-state index in [-0.39, 0.29) is 22.0 Å². The zero-order valence-electron chi connectivity index (χ0n) is 11.6. The number of hydrogen-bond donors (Lipinski definition) is 2. The van der Waals surface area contributed by atoms with Gasteiger partial charge in [0.15, 0.2) is 0 Å². The number of benzene rings is 1. The van der Waals surface area contributed by atoms with E-state index < -0.39 is 10.9 Å². The molecule has 8 heteroatoms. The first-order valence-corrected chi connectivity index (χ1v) is 6.88. The number of rotatable bonds is 9. The van der Waals surface area contributed by atoms with Gasteiger partial charge in [-0.05, 0) is 12.8 Å². The number of halogens is 1. The van der Waals surface area contributed by atoms with E-state index >= 15 is 0 Å². The summed E-state index contributed by atoms with van der Waals surface area (Å²) in [4.78, 5) is 21.2. The molecule has 7 nitrogen and oxygen atoms in total. The first kappa shape index (κ1) is 17.2. The van der Waals surface area contributed by atoms with Crippen LogP contribution in [0.3, 0.4) is 0 Å². The molecule has 1 aromatic rings. The number of ether oxygens (including phenoxy) is 1. The quantitative estimate of drug-likeness (QED) is 0.412. The van der Waals surface area contributed by atoms with Gasteiger partial charge >= 0.3 is 5.97 Å². The number of nitro benzene ring substituents is 1. The van der Waals surface area contributed by atoms with Crippen LogP contribution in [0.4, 0.5) is 11.4 Å². The Morgan fingerprint density at radius 1 is 1.48 bits per heavy atom. The van der Waals surface area contributed by atoms with Crippen LogP contribution in [0.15, 0.2) is 12.1 Å². The van der Waals surface area contributed by atoms with Gasteiger partial charge in [0, 0.05) is 31.9 Å². The minimum absolute atomic E-state index is 0.0103. The Bertz CT molecular complexity index is 522. The Kier molecular flexibility index (Phi) is 6.90. The highest BCUT2D eigenvalue weighted by Crippen LogP contribution is 2.31. The van der Waals surface area contributed by atoms with Crippen LogP contribution in [0.25, 0.3) is 0 Å². The molecule has 0 heterocycles. The second-order valence-electron chi connectivity index (χ2n) is 4.31. The number of carboxylic acids is 1. The van der Waals surface area contributed by atoms with Crippen LogP contribution in [0.5, 0.6) is 0 Å². The maximum atomic E-state index is 11.2. The highest BCUT2D eigenvalue weighted by atomic mass is 35.5. The van der Waals surface area contributed by atoms with Crippen molar-refractivity contribution in [2.45, 2.75) is 19.8 Å². The highest BCUT2D eigenvalue weighted by molar-refractivity contribution is 6.34. The van der Waals surface area contributed by atoms with Crippen molar-refractivity contribution in [2.75, 3.05) is 25.1 Å². The summed E-state index contributed by atoms with van der Waals surface area (Å²) in [6.45, 7) is 3.70. The fourth-order valence-electron chi connectivity index (χ4n) is 1.68. The first-order chi connectivity index (χ1) is 9.97. The maximum absolute atomic E-state index is 11.2. The van der Waals surface area contributed by atoms with Crippen molar-refractivity contribution < 1.29 is 19.6 Å². The Morgan fingerprint density at radius 3 is 2.76 bits per heavy atom. The molecule has 0 atom stereocenters. The van der Waals surface area contributed by atoms with Crippen LogP contribution in [0.2, 0.25) is 5.02 Å². The second-order valence-corrected chi connectivity index (χ2v) is 4.71. The number of nitrogens with one attached hydrogen (secondary N) is 1. The zero-order valence-corrected chi connectivity index (χ0v) is 12.4. The number of carboxylic acid groups (broad SMARTS) is 1. The molecule has 0 saturated heterocycles. The molecule has 116 valence electrons. The molecule has 1 aromatic carbocycles. The largest absolute Gasteiger partial charge is 0.478 e. The average molecular weight is 317 g/mol. The van der Waals surface area contributed by atoms with Gasteiger partial charge in [0.1, 0.15) is 0 Å². The summed E-state index contributed by atoms with van der Waals surface area (Å²) < 4.78 is 5.30. The molecular formula is C13H17ClN2O5. The third kappa shape index (κ3) is 5.20. The molecule has 0 amide bonds. The fraction of sp³-hybridized carbons (Fsp3) is 0.462. The lowest BCUT2D eigenvalue weighted by Crippen LogP contribution is -2.11. The molecule has 0 aliphatic heterocycles. The van der Waals surface area contributed by atoms with E-state index in [1.54, 1.807) is 0 Å². The Balaban J connectivity index is 2.76. The molecular weight excluding hydrogens is 300 g/mol. The van der Waals surface area contributed by atoms with Crippen molar-refractivity contribution in [3.05, 3.63) is 32.8 Å². The van der Waals surface area contributed by atoms with Crippen molar-refractivity contribution in [3.8, 4) is 0 Å². The molecule has 1 rings (SSSR count). The first-order valence-electron chi connectivity index (χ1n) is 6.50. The summed E-state index contributed by atoms with van der Waals surface area (Å²) in [7, 11) is 0. The van der Waals surface area contributed by atoms with E-state index in [4.69, 9.17) is 21.4 Å². The van der Waals surface area contributed by atoms with E-state index in [1.807, 2.05) is 6.92 Å². The number of hydrogen-bond acceptors (Lipinski definition) is 5. The number of nitro groups is 1. The Hall–Kier alpha value is -1.86. The van der Waals surface area contributed by atoms with Gasteiger partial charge in [-0.15, -0.1) is 0 Å². The average Bonchev–Trinajstić information content (AvgIpc) is 2.43. The third-order valence-electron chi connectivity index (χ3n) is 2.63. The molecule has 0 unspecified atom stereocenters. The summed E-state index contributed by atoms with van der Waals surface area (Å²) in [5.74, 6) is -1.27. The van der Waals surface area contributed by atoms with Crippen molar-refractivity contribution in [1.29, 1.82) is 0 Å². The lowest BCUT2D eigenvalue weighted by molar-refractivity contribution is -0.384. The smallest absolute Gasteiger partial charge is 0.338 e. The van der Waals surface area contributed by atoms with Crippen molar-refractivity contribution in [3.63, 3.8) is 0 Å². The van der Waals surface area contributed by atoms with Crippen LogP contribution in [-0.2, 0) is 4.74 Å². The number of non-ortho nitro benzene ring substituents is 1. The predicted octanol–water partition coefficient (Wildman–Crippen LogP) is 3.18. The second kappa shape index (κ2) is 8.43. The van der Waals surface area contributed by atoms with E-state index in [2.05, 4.69) is 5.32 Å². The molecule has 0 bridgehead atoms. The summed E-state index contributed by atoms with van der Waals surface area (Å²) in [6, 6.07) is 2.12. The SMILES string of the molecule is CCCOCCCNc1c(Cl)cc([N+](=O)[O-])cc1C(=O)O. The molecule has 0 aliphatic carbocycles. The van der Waals surface area contributed by atoms with Gasteiger partial charge < -0.3 is 15.2 Å². The van der Waals surface area contributed by atoms with Crippen LogP contribution >= 0.6 is 11.6 Å². The normalized spacial score (nSPS) is 10.4. The van der Waals surface area contributed by atoms with Gasteiger partial charge in [0.25, 0.3) is 5.69 Å². The molecule has 21 heavy (non-hydrogen) atoms. The molecule has 0 fully saturated rings. The lowest BCUT2D eigenvalue weighted by atomic mass is 10.1. The lowest BCUT2D eigenvalue weighted by Gasteiger charge is -2.11. The predicted molar refractivity (Wildman–Crippen MR) is 79.3 cm³/mol. The fourth-order valence-corrected chi connectivity index (χ4v) is 1.96. The van der Waals surface area contributed by atoms with Gasteiger partial charge in [-0.3, -0.25) is 10.1 Å². The van der Waals surface area contributed by atoms with E-state index in [1.165, 1.54) is 0 Å². The number of carbonyl (C=O) groups is 1. The van der Waals surface area contributed by atoms with Crippen molar-refractivity contribution >= 4 is 28.9 Å². The molecule has 0 radical (unpaired) electrons. The van der Waals surface area contributed by atoms with Crippen LogP contribution in [0, 0.1) is 10.1 Å². The van der Waals surface area contributed by atoms with Crippen molar-refractivity contribution in [1.82, 2.24) is 0 Å². The number of anilines is 1. The van der Waals surface area contributed by atoms with Gasteiger partial charge in [-0.2, -0.15) is 0 Å². The number of aromatic carboxylic acids is 1. The molecule has 0 spiro atoms. The highest BCUT2D eigenvalue weighted by Gasteiger charge is 2.19. The molecule has 0 aliphatic rings. The monoisotopic (exact) mass is 316 g/mol. The van der Waals surface area contributed by atoms with Crippen LogP contribution in [-0.4, -0.2) is 35.8 Å². The Labute approximate surface area is 127 Å². The topological polar surface area (TPSA) is 102 Å². The molecule has 0 saturated carbocycles. The molecule has 2 N–H and O–H groups in total. The van der Waals surface area contributed by atoms with Gasteiger partial charge in [-0.25, -0.2) is 4.79 Å². The summed E-state index contributed by atoms with van der Waals surface area (Å²) in [5, 5.41) is 22.7. The van der Waals surface area contributed by atoms with Crippen molar-refractivity contribution in [2.24, 2.45) is 0 Å². The van der Waals surface area contributed by atoms with Gasteiger partial charge in [0.05, 0.1) is 21.2 Å². The number of nitrogens with zero attached hydrogens (tertiary/aromatic N) is 1. The maximum Gasteiger partial charge on any atom is 0.338 e. The van der Waals surface area contributed by atoms with E-state index in [9.17, 15) is 14.9 Å². The van der Waals surface area contributed by atoms with Gasteiger partial charge in [0.2, 0.25) is 0 Å². The van der Waals surface area contributed by atoms with E-state index in [0.717, 1.165) is 18.6 Å². The van der Waals surface area contributed by atoms with E-state index in [0.29, 0.717) is 26.2 Å². The summed E-state index contributed by atoms with van der Waals surface area (Å²) in [5.41, 5.74) is -0.386. The Morgan fingerprint density at radius 2 is 2.19 bits per heavy atom.